The van der Waals surface area contributed by atoms with E-state index >= 15 is 0 Å². The van der Waals surface area contributed by atoms with Crippen molar-refractivity contribution in [2.75, 3.05) is 0 Å². The molecule has 0 fully saturated rings. The number of hydrogen-bond acceptors (Lipinski definition) is 2. The Hall–Kier alpha value is -3.46. The zero-order valence-corrected chi connectivity index (χ0v) is 13.3. The maximum Gasteiger partial charge on any atom is 0.117 e. The average Bonchev–Trinajstić information content (AvgIpc) is 3.17. The number of nitrogens with zero attached hydrogens (tertiary/aromatic N) is 2. The Morgan fingerprint density at radius 1 is 0.600 bits per heavy atom. The van der Waals surface area contributed by atoms with Gasteiger partial charge in [0.1, 0.15) is 17.4 Å². The third-order valence-corrected chi connectivity index (χ3v) is 5.14. The fourth-order valence-electron chi connectivity index (χ4n) is 4.06. The molecule has 25 heavy (non-hydrogen) atoms. The molecule has 0 amide bonds. The second-order valence-electron chi connectivity index (χ2n) is 6.40. The maximum absolute atomic E-state index is 4.60. The lowest BCUT2D eigenvalue weighted by molar-refractivity contribution is 1.34. The van der Waals surface area contributed by atoms with Crippen LogP contribution in [0.25, 0.3) is 54.3 Å². The lowest BCUT2D eigenvalue weighted by atomic mass is 9.94. The van der Waals surface area contributed by atoms with Crippen molar-refractivity contribution in [2.45, 2.75) is 0 Å². The summed E-state index contributed by atoms with van der Waals surface area (Å²) in [5.41, 5.74) is 2.94. The first-order valence-corrected chi connectivity index (χ1v) is 8.36. The molecule has 116 valence electrons. The molecule has 6 aromatic rings. The molecule has 0 saturated carbocycles. The van der Waals surface area contributed by atoms with Gasteiger partial charge in [0.15, 0.2) is 0 Å². The van der Waals surface area contributed by atoms with Gasteiger partial charge in [-0.3, -0.25) is 0 Å². The summed E-state index contributed by atoms with van der Waals surface area (Å²) in [5, 5.41) is 8.59. The smallest absolute Gasteiger partial charge is 0.117 e. The number of nitrogens with one attached hydrogen (secondary N) is 1. The van der Waals surface area contributed by atoms with Crippen LogP contribution in [0.2, 0.25) is 0 Å². The van der Waals surface area contributed by atoms with Crippen molar-refractivity contribution in [3.63, 3.8) is 0 Å². The highest BCUT2D eigenvalue weighted by atomic mass is 14.9. The molecule has 6 rings (SSSR count). The highest BCUT2D eigenvalue weighted by molar-refractivity contribution is 6.31. The molecule has 0 aliphatic rings. The van der Waals surface area contributed by atoms with E-state index < -0.39 is 0 Å². The molecule has 0 unspecified atom stereocenters. The first-order valence-electron chi connectivity index (χ1n) is 8.36. The number of hydrogen-bond donors (Lipinski definition) is 1. The van der Waals surface area contributed by atoms with Gasteiger partial charge in [0.2, 0.25) is 0 Å². The van der Waals surface area contributed by atoms with Crippen molar-refractivity contribution in [3.05, 3.63) is 73.2 Å². The number of aromatic amines is 1. The van der Waals surface area contributed by atoms with Gasteiger partial charge in [-0.05, 0) is 33.0 Å². The maximum atomic E-state index is 4.60. The minimum atomic E-state index is 0.934. The molecule has 3 heteroatoms. The largest absolute Gasteiger partial charge is 0.359 e. The predicted octanol–water partition coefficient (Wildman–Crippen LogP) is 5.57. The van der Waals surface area contributed by atoms with Crippen LogP contribution in [0.1, 0.15) is 0 Å². The monoisotopic (exact) mass is 319 g/mol. The third kappa shape index (κ3) is 1.59. The van der Waals surface area contributed by atoms with Crippen LogP contribution in [0.15, 0.2) is 73.2 Å². The highest BCUT2D eigenvalue weighted by Gasteiger charge is 2.14. The van der Waals surface area contributed by atoms with E-state index in [-0.39, 0.29) is 0 Å². The Balaban J connectivity index is 1.99. The van der Waals surface area contributed by atoms with Gasteiger partial charge in [0, 0.05) is 17.0 Å². The van der Waals surface area contributed by atoms with Crippen LogP contribution < -0.4 is 0 Å². The van der Waals surface area contributed by atoms with Crippen molar-refractivity contribution in [2.24, 2.45) is 0 Å². The van der Waals surface area contributed by atoms with Gasteiger partial charge < -0.3 is 4.98 Å². The van der Waals surface area contributed by atoms with Crippen LogP contribution in [0.4, 0.5) is 0 Å². The van der Waals surface area contributed by atoms with Gasteiger partial charge in [-0.2, -0.15) is 0 Å². The number of aromatic nitrogens is 3. The van der Waals surface area contributed by atoms with Crippen LogP contribution >= 0.6 is 0 Å². The number of pyridine rings is 1. The van der Waals surface area contributed by atoms with E-state index in [0.717, 1.165) is 16.6 Å². The summed E-state index contributed by atoms with van der Waals surface area (Å²) in [6.45, 7) is 0. The summed E-state index contributed by atoms with van der Waals surface area (Å²) in [6, 6.07) is 21.6. The fraction of sp³-hybridized carbons (Fsp3) is 0. The molecule has 0 bridgehead atoms. The van der Waals surface area contributed by atoms with Crippen molar-refractivity contribution in [3.8, 4) is 0 Å². The molecular formula is C22H13N3. The minimum Gasteiger partial charge on any atom is -0.359 e. The van der Waals surface area contributed by atoms with Crippen LogP contribution in [0.3, 0.4) is 0 Å². The molecule has 0 aliphatic carbocycles. The normalized spacial score (nSPS) is 12.0. The molecular weight excluding hydrogens is 306 g/mol. The Labute approximate surface area is 142 Å². The molecule has 0 saturated heterocycles. The zero-order valence-electron chi connectivity index (χ0n) is 13.3. The summed E-state index contributed by atoms with van der Waals surface area (Å²) in [6.07, 6.45) is 3.60. The summed E-state index contributed by atoms with van der Waals surface area (Å²) in [7, 11) is 0. The number of H-pyrrole nitrogens is 1. The van der Waals surface area contributed by atoms with E-state index in [0.29, 0.717) is 0 Å². The second-order valence-corrected chi connectivity index (χ2v) is 6.40. The third-order valence-electron chi connectivity index (χ3n) is 5.14. The van der Waals surface area contributed by atoms with Gasteiger partial charge in [0.25, 0.3) is 0 Å². The van der Waals surface area contributed by atoms with Gasteiger partial charge in [-0.25, -0.2) is 9.97 Å². The Morgan fingerprint density at radius 2 is 1.36 bits per heavy atom. The number of fused-ring (bicyclic) bond motifs is 10. The molecule has 2 aromatic heterocycles. The quantitative estimate of drug-likeness (QED) is 0.372. The first kappa shape index (κ1) is 12.9. The first-order chi connectivity index (χ1) is 12.4. The van der Waals surface area contributed by atoms with Crippen molar-refractivity contribution in [1.82, 2.24) is 15.0 Å². The SMILES string of the molecule is c1ccc2c(c1)ccc1c2ccc2c3ccc[nH]c3c3ncnc3c12. The molecule has 0 aliphatic heterocycles. The van der Waals surface area contributed by atoms with Gasteiger partial charge in [0.05, 0.1) is 5.52 Å². The topological polar surface area (TPSA) is 41.6 Å². The lowest BCUT2D eigenvalue weighted by Gasteiger charge is -2.11. The van der Waals surface area contributed by atoms with E-state index in [9.17, 15) is 0 Å². The molecule has 0 radical (unpaired) electrons. The van der Waals surface area contributed by atoms with Gasteiger partial charge in [-0.1, -0.05) is 54.6 Å². The number of rotatable bonds is 0. The van der Waals surface area contributed by atoms with E-state index in [1.165, 1.54) is 37.7 Å². The van der Waals surface area contributed by atoms with Gasteiger partial charge in [-0.15, -0.1) is 0 Å². The Morgan fingerprint density at radius 3 is 2.36 bits per heavy atom. The van der Waals surface area contributed by atoms with Gasteiger partial charge >= 0.3 is 0 Å². The predicted molar refractivity (Wildman–Crippen MR) is 104 cm³/mol. The molecule has 1 N–H and O–H groups in total. The van der Waals surface area contributed by atoms with Crippen LogP contribution in [-0.2, 0) is 0 Å². The van der Waals surface area contributed by atoms with E-state index in [2.05, 4.69) is 69.5 Å². The van der Waals surface area contributed by atoms with E-state index in [1.54, 1.807) is 6.33 Å². The molecule has 0 atom stereocenters. The standard InChI is InChI=1S/C22H13N3/c1-2-5-14-13(4-1)7-8-16-15(14)9-10-17-18-6-3-11-23-20(18)22-21(19(16)17)24-12-25-22/h1-12,23H. The second kappa shape index (κ2) is 4.54. The average molecular weight is 319 g/mol. The number of imidazole rings is 1. The Kier molecular flexibility index (Phi) is 2.35. The van der Waals surface area contributed by atoms with Crippen LogP contribution in [0.5, 0.6) is 0 Å². The molecule has 3 nitrogen and oxygen atoms in total. The Bertz CT molecular complexity index is 1440. The summed E-state index contributed by atoms with van der Waals surface area (Å²) in [4.78, 5) is 12.5. The lowest BCUT2D eigenvalue weighted by Crippen LogP contribution is -1.87. The highest BCUT2D eigenvalue weighted by Crippen LogP contribution is 2.38. The van der Waals surface area contributed by atoms with E-state index in [4.69, 9.17) is 0 Å². The molecule has 2 heterocycles. The summed E-state index contributed by atoms with van der Waals surface area (Å²) in [5.74, 6) is 0. The zero-order chi connectivity index (χ0) is 16.4. The minimum absolute atomic E-state index is 0.934. The van der Waals surface area contributed by atoms with Crippen molar-refractivity contribution in [1.29, 1.82) is 0 Å². The number of benzene rings is 4. The molecule has 4 aromatic carbocycles. The summed E-state index contributed by atoms with van der Waals surface area (Å²) >= 11 is 0. The summed E-state index contributed by atoms with van der Waals surface area (Å²) < 4.78 is 0. The molecule has 0 spiro atoms. The van der Waals surface area contributed by atoms with Crippen molar-refractivity contribution >= 4 is 54.3 Å². The fourth-order valence-corrected chi connectivity index (χ4v) is 4.06. The van der Waals surface area contributed by atoms with Crippen LogP contribution in [0, 0.1) is 0 Å². The van der Waals surface area contributed by atoms with Crippen LogP contribution in [-0.4, -0.2) is 15.0 Å². The van der Waals surface area contributed by atoms with Crippen molar-refractivity contribution < 1.29 is 0 Å². The van der Waals surface area contributed by atoms with E-state index in [1.807, 2.05) is 12.3 Å².